The molecule has 1 atom stereocenters. The molecule has 0 bridgehead atoms. The normalized spacial score (nSPS) is 12.2. The number of pyridine rings is 1. The number of aryl methyl sites for hydroxylation is 1. The Kier molecular flexibility index (Phi) is 7.26. The van der Waals surface area contributed by atoms with E-state index in [0.717, 1.165) is 0 Å². The first-order chi connectivity index (χ1) is 17.5. The molecule has 0 aliphatic heterocycles. The molecule has 3 heterocycles. The van der Waals surface area contributed by atoms with Crippen molar-refractivity contribution in [3.63, 3.8) is 0 Å². The van der Waals surface area contributed by atoms with Crippen molar-refractivity contribution in [2.45, 2.75) is 33.2 Å². The first-order valence-electron chi connectivity index (χ1n) is 11.4. The van der Waals surface area contributed by atoms with Gasteiger partial charge in [0.2, 0.25) is 0 Å². The highest BCUT2D eigenvalue weighted by Gasteiger charge is 2.28. The predicted molar refractivity (Wildman–Crippen MR) is 137 cm³/mol. The summed E-state index contributed by atoms with van der Waals surface area (Å²) in [7, 11) is 3.21. The number of hydrogen-bond acceptors (Lipinski definition) is 7. The fourth-order valence-electron chi connectivity index (χ4n) is 4.24. The topological polar surface area (TPSA) is 112 Å². The summed E-state index contributed by atoms with van der Waals surface area (Å²) in [6.45, 7) is 4.47. The lowest BCUT2D eigenvalue weighted by molar-refractivity contribution is 0.0809. The summed E-state index contributed by atoms with van der Waals surface area (Å²) in [6.07, 6.45) is 0.0917. The molecular weight excluding hydrogens is 504 g/mol. The number of fused-ring (bicyclic) bond motifs is 1. The molecule has 3 aromatic heterocycles. The minimum absolute atomic E-state index is 0.138. The number of halogens is 3. The fourth-order valence-corrected chi connectivity index (χ4v) is 4.45. The maximum absolute atomic E-state index is 13.4. The third-order valence-corrected chi connectivity index (χ3v) is 6.45. The second kappa shape index (κ2) is 10.3. The molecule has 0 saturated carbocycles. The first-order valence-corrected chi connectivity index (χ1v) is 11.8. The second-order valence-corrected chi connectivity index (χ2v) is 9.15. The molecule has 2 N–H and O–H groups in total. The molecule has 1 amide bonds. The van der Waals surface area contributed by atoms with Crippen LogP contribution in [0.5, 0.6) is 5.75 Å². The Bertz CT molecular complexity index is 1490. The molecule has 194 valence electrons. The minimum atomic E-state index is -2.73. The highest BCUT2D eigenvalue weighted by atomic mass is 35.5. The van der Waals surface area contributed by atoms with Crippen LogP contribution in [0.1, 0.15) is 40.3 Å². The predicted octanol–water partition coefficient (Wildman–Crippen LogP) is 4.70. The number of rotatable bonds is 7. The van der Waals surface area contributed by atoms with Gasteiger partial charge in [-0.1, -0.05) is 17.7 Å². The first kappa shape index (κ1) is 26.2. The van der Waals surface area contributed by atoms with Gasteiger partial charge < -0.3 is 15.4 Å². The van der Waals surface area contributed by atoms with E-state index < -0.39 is 19.1 Å². The lowest BCUT2D eigenvalue weighted by Gasteiger charge is -2.24. The zero-order valence-electron chi connectivity index (χ0n) is 21.0. The number of nitrogens with two attached hydrogens (primary N) is 1. The van der Waals surface area contributed by atoms with Gasteiger partial charge in [0.25, 0.3) is 12.3 Å². The third kappa shape index (κ3) is 4.78. The van der Waals surface area contributed by atoms with Crippen LogP contribution in [0.3, 0.4) is 0 Å². The van der Waals surface area contributed by atoms with E-state index in [4.69, 9.17) is 22.1 Å². The number of carbonyl (C=O) groups is 1. The summed E-state index contributed by atoms with van der Waals surface area (Å²) in [6, 6.07) is 4.43. The van der Waals surface area contributed by atoms with E-state index in [1.54, 1.807) is 50.8 Å². The van der Waals surface area contributed by atoms with Gasteiger partial charge in [-0.05, 0) is 38.5 Å². The van der Waals surface area contributed by atoms with Crippen molar-refractivity contribution in [2.75, 3.05) is 26.4 Å². The molecule has 0 fully saturated rings. The quantitative estimate of drug-likeness (QED) is 0.369. The van der Waals surface area contributed by atoms with E-state index in [2.05, 4.69) is 20.1 Å². The van der Waals surface area contributed by atoms with Gasteiger partial charge in [-0.2, -0.15) is 5.10 Å². The van der Waals surface area contributed by atoms with E-state index in [0.29, 0.717) is 44.0 Å². The van der Waals surface area contributed by atoms with Crippen LogP contribution in [-0.2, 0) is 0 Å². The molecule has 37 heavy (non-hydrogen) atoms. The van der Waals surface area contributed by atoms with Gasteiger partial charge in [-0.15, -0.1) is 0 Å². The lowest BCUT2D eigenvalue weighted by Crippen LogP contribution is -2.23. The number of hydrogen-bond donors (Lipinski definition) is 1. The average Bonchev–Trinajstić information content (AvgIpc) is 3.21. The van der Waals surface area contributed by atoms with Gasteiger partial charge in [0.05, 0.1) is 17.1 Å². The number of anilines is 1. The van der Waals surface area contributed by atoms with Crippen LogP contribution in [0.4, 0.5) is 14.6 Å². The van der Waals surface area contributed by atoms with Crippen LogP contribution in [0, 0.1) is 13.8 Å². The Morgan fingerprint density at radius 3 is 2.65 bits per heavy atom. The smallest absolute Gasteiger partial charge is 0.272 e. The molecular formula is C25H26ClF2N7O2. The Hall–Kier alpha value is -3.86. The van der Waals surface area contributed by atoms with Crippen LogP contribution in [-0.4, -0.2) is 62.7 Å². The van der Waals surface area contributed by atoms with E-state index in [1.807, 2.05) is 6.92 Å². The number of carbonyl (C=O) groups excluding carboxylic acids is 1. The molecule has 0 saturated heterocycles. The number of alkyl halides is 2. The van der Waals surface area contributed by atoms with Crippen LogP contribution in [0.2, 0.25) is 5.02 Å². The molecule has 0 aliphatic carbocycles. The van der Waals surface area contributed by atoms with Gasteiger partial charge in [-0.25, -0.2) is 23.4 Å². The van der Waals surface area contributed by atoms with E-state index in [1.165, 1.54) is 17.4 Å². The van der Waals surface area contributed by atoms with E-state index >= 15 is 0 Å². The standard InChI is InChI=1S/C25H26ClF2N7O2/c1-12-17(26)9-16(14(3)35-24-20(13(2)33-35)23(29)31-11-32-24)22(37-10-18(27)28)19(12)15-7-6-8-30-21(15)25(36)34(4)5/h6-9,11,14,18H,10H2,1-5H3,(H2,29,31,32)/t14-/m0/s1. The van der Waals surface area contributed by atoms with E-state index in [-0.39, 0.29) is 23.2 Å². The Morgan fingerprint density at radius 1 is 1.24 bits per heavy atom. The number of benzene rings is 1. The van der Waals surface area contributed by atoms with Gasteiger partial charge in [-0.3, -0.25) is 9.78 Å². The van der Waals surface area contributed by atoms with E-state index in [9.17, 15) is 13.6 Å². The zero-order chi connectivity index (χ0) is 27.0. The molecule has 0 unspecified atom stereocenters. The second-order valence-electron chi connectivity index (χ2n) is 8.74. The zero-order valence-corrected chi connectivity index (χ0v) is 21.7. The van der Waals surface area contributed by atoms with Crippen molar-refractivity contribution in [3.8, 4) is 16.9 Å². The van der Waals surface area contributed by atoms with Gasteiger partial charge in [0, 0.05) is 42.0 Å². The van der Waals surface area contributed by atoms with Crippen molar-refractivity contribution < 1.29 is 18.3 Å². The molecule has 9 nitrogen and oxygen atoms in total. The summed E-state index contributed by atoms with van der Waals surface area (Å²) >= 11 is 6.68. The van der Waals surface area contributed by atoms with Crippen molar-refractivity contribution in [1.82, 2.24) is 29.6 Å². The maximum Gasteiger partial charge on any atom is 0.272 e. The Labute approximate surface area is 217 Å². The highest BCUT2D eigenvalue weighted by molar-refractivity contribution is 6.32. The maximum atomic E-state index is 13.4. The average molecular weight is 530 g/mol. The van der Waals surface area contributed by atoms with Crippen molar-refractivity contribution in [3.05, 3.63) is 58.3 Å². The van der Waals surface area contributed by atoms with Crippen LogP contribution < -0.4 is 10.5 Å². The fraction of sp³-hybridized carbons (Fsp3) is 0.320. The van der Waals surface area contributed by atoms with Crippen molar-refractivity contribution in [2.24, 2.45) is 0 Å². The van der Waals surface area contributed by atoms with Crippen LogP contribution in [0.25, 0.3) is 22.2 Å². The van der Waals surface area contributed by atoms with Crippen molar-refractivity contribution >= 4 is 34.4 Å². The Balaban J connectivity index is 2.02. The molecule has 0 aliphatic rings. The van der Waals surface area contributed by atoms with Crippen molar-refractivity contribution in [1.29, 1.82) is 0 Å². The number of aromatic nitrogens is 5. The molecule has 4 rings (SSSR count). The van der Waals surface area contributed by atoms with Gasteiger partial charge in [0.1, 0.15) is 30.2 Å². The van der Waals surface area contributed by atoms with Gasteiger partial charge in [0.15, 0.2) is 5.65 Å². The molecule has 1 aromatic carbocycles. The molecule has 12 heteroatoms. The summed E-state index contributed by atoms with van der Waals surface area (Å²) in [5.41, 5.74) is 9.11. The lowest BCUT2D eigenvalue weighted by atomic mass is 9.92. The minimum Gasteiger partial charge on any atom is -0.487 e. The van der Waals surface area contributed by atoms with Gasteiger partial charge >= 0.3 is 0 Å². The summed E-state index contributed by atoms with van der Waals surface area (Å²) in [5.74, 6) is 0.0732. The summed E-state index contributed by atoms with van der Waals surface area (Å²) in [4.78, 5) is 27.0. The largest absolute Gasteiger partial charge is 0.487 e. The summed E-state index contributed by atoms with van der Waals surface area (Å²) in [5, 5.41) is 5.55. The monoisotopic (exact) mass is 529 g/mol. The molecule has 0 spiro atoms. The SMILES string of the molecule is Cc1c(Cl)cc([C@H](C)n2nc(C)c3c(N)ncnc32)c(OCC(F)F)c1-c1cccnc1C(=O)N(C)C. The Morgan fingerprint density at radius 2 is 1.97 bits per heavy atom. The van der Waals surface area contributed by atoms with Crippen LogP contribution in [0.15, 0.2) is 30.7 Å². The number of amides is 1. The highest BCUT2D eigenvalue weighted by Crippen LogP contribution is 2.44. The number of nitrogen functional groups attached to an aromatic ring is 1. The number of ether oxygens (including phenoxy) is 1. The number of nitrogens with zero attached hydrogens (tertiary/aromatic N) is 6. The summed E-state index contributed by atoms with van der Waals surface area (Å²) < 4.78 is 34.1. The van der Waals surface area contributed by atoms with Crippen LogP contribution >= 0.6 is 11.6 Å². The molecule has 4 aromatic rings. The molecule has 0 radical (unpaired) electrons. The third-order valence-electron chi connectivity index (χ3n) is 6.05.